The van der Waals surface area contributed by atoms with E-state index in [0.717, 1.165) is 4.57 Å². The van der Waals surface area contributed by atoms with Crippen LogP contribution in [0.4, 0.5) is 0 Å². The van der Waals surface area contributed by atoms with Crippen LogP contribution >= 0.6 is 0 Å². The molecule has 2 aromatic rings. The van der Waals surface area contributed by atoms with E-state index in [-0.39, 0.29) is 0 Å². The highest BCUT2D eigenvalue weighted by atomic mass is 16.1. The number of rotatable bonds is 0. The molecule has 5 nitrogen and oxygen atoms in total. The van der Waals surface area contributed by atoms with Gasteiger partial charge in [-0.2, -0.15) is 4.57 Å². The lowest BCUT2D eigenvalue weighted by molar-refractivity contribution is 1.04. The molecule has 12 heavy (non-hydrogen) atoms. The number of imidazole rings is 1. The molecule has 0 unspecified atom stereocenters. The van der Waals surface area contributed by atoms with E-state index >= 15 is 0 Å². The Morgan fingerprint density at radius 2 is 2.25 bits per heavy atom. The van der Waals surface area contributed by atoms with Crippen molar-refractivity contribution in [2.75, 3.05) is 0 Å². The maximum atomic E-state index is 11.1. The van der Waals surface area contributed by atoms with Crippen molar-refractivity contribution in [2.45, 2.75) is 0 Å². The van der Waals surface area contributed by atoms with Gasteiger partial charge in [-0.25, -0.2) is 14.8 Å². The molecule has 5 heteroatoms. The van der Waals surface area contributed by atoms with Crippen LogP contribution in [-0.4, -0.2) is 19.5 Å². The predicted octanol–water partition coefficient (Wildman–Crippen LogP) is -0.442. The zero-order valence-corrected chi connectivity index (χ0v) is 5.98. The Morgan fingerprint density at radius 3 is 3.00 bits per heavy atom. The van der Waals surface area contributed by atoms with Gasteiger partial charge in [-0.1, -0.05) is 6.42 Å². The molecule has 1 N–H and O–H groups in total. The van der Waals surface area contributed by atoms with Gasteiger partial charge >= 0.3 is 5.69 Å². The van der Waals surface area contributed by atoms with Crippen LogP contribution in [0.15, 0.2) is 17.2 Å². The standard InChI is InChI=1S/C7H4N4O/c1-2-11-6-5(10-7(11)12)8-3-4-9-6/h1,3-4H,(H,8,10,12). The van der Waals surface area contributed by atoms with Crippen molar-refractivity contribution in [1.82, 2.24) is 19.5 Å². The molecule has 0 radical (unpaired) electrons. The van der Waals surface area contributed by atoms with Gasteiger partial charge in [-0.3, -0.25) is 4.98 Å². The second-order valence-corrected chi connectivity index (χ2v) is 2.12. The molecule has 58 valence electrons. The monoisotopic (exact) mass is 160 g/mol. The predicted molar refractivity (Wildman–Crippen MR) is 42.4 cm³/mol. The summed E-state index contributed by atoms with van der Waals surface area (Å²) in [4.78, 5) is 21.3. The first kappa shape index (κ1) is 6.61. The number of terminal acetylenes is 1. The minimum atomic E-state index is -0.390. The zero-order valence-electron chi connectivity index (χ0n) is 5.98. The van der Waals surface area contributed by atoms with Crippen LogP contribution < -0.4 is 5.69 Å². The van der Waals surface area contributed by atoms with Gasteiger partial charge in [0.2, 0.25) is 0 Å². The Kier molecular flexibility index (Phi) is 1.21. The number of fused-ring (bicyclic) bond motifs is 1. The van der Waals surface area contributed by atoms with Crippen molar-refractivity contribution in [3.05, 3.63) is 22.9 Å². The first-order chi connectivity index (χ1) is 5.83. The maximum absolute atomic E-state index is 11.1. The van der Waals surface area contributed by atoms with E-state index in [4.69, 9.17) is 6.42 Å². The van der Waals surface area contributed by atoms with Gasteiger partial charge in [-0.15, -0.1) is 0 Å². The van der Waals surface area contributed by atoms with Crippen molar-refractivity contribution in [3.8, 4) is 12.5 Å². The highest BCUT2D eigenvalue weighted by Gasteiger charge is 2.04. The SMILES string of the molecule is C#Cn1c(=O)[nH]c2nccnc21. The number of aromatic nitrogens is 4. The van der Waals surface area contributed by atoms with Crippen LogP contribution in [0.25, 0.3) is 11.3 Å². The van der Waals surface area contributed by atoms with E-state index in [1.807, 2.05) is 0 Å². The summed E-state index contributed by atoms with van der Waals surface area (Å²) in [5.74, 6) is 0. The number of hydrogen-bond acceptors (Lipinski definition) is 3. The summed E-state index contributed by atoms with van der Waals surface area (Å²) in [5.41, 5.74) is 0.393. The first-order valence-electron chi connectivity index (χ1n) is 3.21. The van der Waals surface area contributed by atoms with Crippen molar-refractivity contribution < 1.29 is 0 Å². The fourth-order valence-corrected chi connectivity index (χ4v) is 0.956. The number of nitrogens with zero attached hydrogens (tertiary/aromatic N) is 3. The summed E-state index contributed by atoms with van der Waals surface area (Å²) in [6.07, 6.45) is 8.05. The van der Waals surface area contributed by atoms with E-state index in [1.165, 1.54) is 12.4 Å². The summed E-state index contributed by atoms with van der Waals surface area (Å²) in [6.45, 7) is 0. The minimum Gasteiger partial charge on any atom is -0.288 e. The molecule has 2 rings (SSSR count). The molecule has 0 aliphatic heterocycles. The number of nitrogens with one attached hydrogen (secondary N) is 1. The van der Waals surface area contributed by atoms with Gasteiger partial charge in [0.15, 0.2) is 11.3 Å². The molecule has 0 fully saturated rings. The third-order valence-electron chi connectivity index (χ3n) is 1.45. The Hall–Kier alpha value is -2.09. The third-order valence-corrected chi connectivity index (χ3v) is 1.45. The van der Waals surface area contributed by atoms with Gasteiger partial charge in [-0.05, 0) is 0 Å². The van der Waals surface area contributed by atoms with Gasteiger partial charge in [0.25, 0.3) is 0 Å². The van der Waals surface area contributed by atoms with E-state index in [9.17, 15) is 4.79 Å². The Morgan fingerprint density at radius 1 is 1.50 bits per heavy atom. The van der Waals surface area contributed by atoms with Crippen molar-refractivity contribution in [1.29, 1.82) is 0 Å². The van der Waals surface area contributed by atoms with Crippen LogP contribution in [0.5, 0.6) is 0 Å². The Bertz CT molecular complexity index is 516. The molecule has 0 atom stereocenters. The third kappa shape index (κ3) is 0.720. The summed E-state index contributed by atoms with van der Waals surface area (Å²) in [5, 5.41) is 0. The smallest absolute Gasteiger partial charge is 0.288 e. The van der Waals surface area contributed by atoms with E-state index in [0.29, 0.717) is 11.3 Å². The highest BCUT2D eigenvalue weighted by molar-refractivity contribution is 5.65. The maximum Gasteiger partial charge on any atom is 0.340 e. The lowest BCUT2D eigenvalue weighted by atomic mass is 10.6. The molecule has 2 heterocycles. The second-order valence-electron chi connectivity index (χ2n) is 2.12. The van der Waals surface area contributed by atoms with Gasteiger partial charge in [0.05, 0.1) is 0 Å². The molecule has 0 bridgehead atoms. The summed E-state index contributed by atoms with van der Waals surface area (Å²) in [6, 6.07) is 2.19. The lowest BCUT2D eigenvalue weighted by Gasteiger charge is -1.86. The van der Waals surface area contributed by atoms with Gasteiger partial charge in [0, 0.05) is 18.4 Å². The molecular weight excluding hydrogens is 156 g/mol. The topological polar surface area (TPSA) is 63.6 Å². The summed E-state index contributed by atoms with van der Waals surface area (Å²) >= 11 is 0. The molecule has 2 aromatic heterocycles. The lowest BCUT2D eigenvalue weighted by Crippen LogP contribution is -2.12. The average Bonchev–Trinajstić information content (AvgIpc) is 2.40. The van der Waals surface area contributed by atoms with Crippen LogP contribution in [0.1, 0.15) is 0 Å². The highest BCUT2D eigenvalue weighted by Crippen LogP contribution is 1.98. The quantitative estimate of drug-likeness (QED) is 0.531. The number of H-pyrrole nitrogens is 1. The van der Waals surface area contributed by atoms with Gasteiger partial charge in [0.1, 0.15) is 0 Å². The van der Waals surface area contributed by atoms with E-state index in [2.05, 4.69) is 21.0 Å². The van der Waals surface area contributed by atoms with Crippen LogP contribution in [0, 0.1) is 12.5 Å². The molecule has 0 saturated carbocycles. The zero-order chi connectivity index (χ0) is 8.55. The molecule has 0 aliphatic rings. The van der Waals surface area contributed by atoms with Crippen molar-refractivity contribution >= 4 is 11.3 Å². The Balaban J connectivity index is 3.03. The van der Waals surface area contributed by atoms with Gasteiger partial charge < -0.3 is 0 Å². The van der Waals surface area contributed by atoms with Crippen LogP contribution in [0.2, 0.25) is 0 Å². The van der Waals surface area contributed by atoms with Crippen LogP contribution in [0.3, 0.4) is 0 Å². The van der Waals surface area contributed by atoms with Crippen LogP contribution in [-0.2, 0) is 0 Å². The fraction of sp³-hybridized carbons (Fsp3) is 0. The van der Waals surface area contributed by atoms with Crippen molar-refractivity contribution in [3.63, 3.8) is 0 Å². The molecule has 0 amide bonds. The Labute approximate surface area is 67.1 Å². The normalized spacial score (nSPS) is 9.92. The molecule has 0 spiro atoms. The summed E-state index contributed by atoms with van der Waals surface area (Å²) < 4.78 is 1.07. The van der Waals surface area contributed by atoms with E-state index in [1.54, 1.807) is 0 Å². The number of aromatic amines is 1. The second kappa shape index (κ2) is 2.20. The summed E-state index contributed by atoms with van der Waals surface area (Å²) in [7, 11) is 0. The first-order valence-corrected chi connectivity index (χ1v) is 3.21. The molecule has 0 aliphatic carbocycles. The van der Waals surface area contributed by atoms with E-state index < -0.39 is 5.69 Å². The molecule has 0 saturated heterocycles. The fourth-order valence-electron chi connectivity index (χ4n) is 0.956. The molecular formula is C7H4N4O. The van der Waals surface area contributed by atoms with Crippen molar-refractivity contribution in [2.24, 2.45) is 0 Å². The number of hydrogen-bond donors (Lipinski definition) is 1. The average molecular weight is 160 g/mol. The minimum absolute atomic E-state index is 0.380. The molecule has 0 aromatic carbocycles. The largest absolute Gasteiger partial charge is 0.340 e.